The summed E-state index contributed by atoms with van der Waals surface area (Å²) in [5, 5.41) is 0. The van der Waals surface area contributed by atoms with Gasteiger partial charge in [0.25, 0.3) is 5.91 Å². The van der Waals surface area contributed by atoms with Gasteiger partial charge in [-0.05, 0) is 61.1 Å². The maximum atomic E-state index is 13.2. The molecule has 2 aromatic rings. The van der Waals surface area contributed by atoms with E-state index >= 15 is 0 Å². The number of carbonyl (C=O) groups excluding carboxylic acids is 1. The van der Waals surface area contributed by atoms with Gasteiger partial charge in [0.15, 0.2) is 0 Å². The molecule has 1 saturated heterocycles. The number of fused-ring (bicyclic) bond motifs is 1. The molecule has 2 aromatic carbocycles. The molecule has 0 saturated carbocycles. The predicted octanol–water partition coefficient (Wildman–Crippen LogP) is 2.73. The van der Waals surface area contributed by atoms with Crippen molar-refractivity contribution < 1.29 is 22.7 Å². The van der Waals surface area contributed by atoms with Gasteiger partial charge in [0.2, 0.25) is 10.0 Å². The second-order valence-electron chi connectivity index (χ2n) is 7.90. The zero-order valence-corrected chi connectivity index (χ0v) is 18.8. The number of rotatable bonds is 5. The van der Waals surface area contributed by atoms with Gasteiger partial charge in [-0.1, -0.05) is 6.07 Å². The fourth-order valence-electron chi connectivity index (χ4n) is 4.30. The second-order valence-corrected chi connectivity index (χ2v) is 9.84. The van der Waals surface area contributed by atoms with E-state index in [4.69, 9.17) is 9.47 Å². The SMILES string of the molecule is COc1ccc(C(=O)N2CCN(S(=O)(=O)c3ccc4c(c3)CCCC4)CC2)c(OC)c1. The smallest absolute Gasteiger partial charge is 0.257 e. The Morgan fingerprint density at radius 3 is 2.26 bits per heavy atom. The third kappa shape index (κ3) is 4.27. The summed E-state index contributed by atoms with van der Waals surface area (Å²) in [4.78, 5) is 15.0. The van der Waals surface area contributed by atoms with Crippen molar-refractivity contribution >= 4 is 15.9 Å². The average Bonchev–Trinajstić information content (AvgIpc) is 2.82. The van der Waals surface area contributed by atoms with Crippen LogP contribution in [0.15, 0.2) is 41.3 Å². The molecule has 0 radical (unpaired) electrons. The number of aryl methyl sites for hydroxylation is 2. The van der Waals surface area contributed by atoms with E-state index in [0.717, 1.165) is 31.2 Å². The van der Waals surface area contributed by atoms with Crippen molar-refractivity contribution in [1.82, 2.24) is 9.21 Å². The first-order valence-electron chi connectivity index (χ1n) is 10.6. The molecule has 7 nitrogen and oxygen atoms in total. The summed E-state index contributed by atoms with van der Waals surface area (Å²) in [6.45, 7) is 1.20. The number of sulfonamides is 1. The number of piperazine rings is 1. The molecule has 0 unspecified atom stereocenters. The Balaban J connectivity index is 1.46. The van der Waals surface area contributed by atoms with Crippen LogP contribution in [0.1, 0.15) is 34.3 Å². The molecular formula is C23H28N2O5S. The van der Waals surface area contributed by atoms with Gasteiger partial charge >= 0.3 is 0 Å². The summed E-state index contributed by atoms with van der Waals surface area (Å²) in [5.41, 5.74) is 2.84. The molecule has 0 spiro atoms. The summed E-state index contributed by atoms with van der Waals surface area (Å²) >= 11 is 0. The van der Waals surface area contributed by atoms with Crippen molar-refractivity contribution in [3.8, 4) is 11.5 Å². The molecule has 1 aliphatic heterocycles. The highest BCUT2D eigenvalue weighted by molar-refractivity contribution is 7.89. The van der Waals surface area contributed by atoms with Crippen molar-refractivity contribution in [2.45, 2.75) is 30.6 Å². The molecule has 1 fully saturated rings. The normalized spacial score (nSPS) is 17.2. The lowest BCUT2D eigenvalue weighted by molar-refractivity contribution is 0.0694. The van der Waals surface area contributed by atoms with Crippen molar-refractivity contribution in [3.05, 3.63) is 53.1 Å². The van der Waals surface area contributed by atoms with E-state index in [1.807, 2.05) is 12.1 Å². The molecule has 1 aliphatic carbocycles. The Morgan fingerprint density at radius 1 is 0.871 bits per heavy atom. The van der Waals surface area contributed by atoms with Crippen molar-refractivity contribution in [2.75, 3.05) is 40.4 Å². The number of amides is 1. The topological polar surface area (TPSA) is 76.2 Å². The Morgan fingerprint density at radius 2 is 1.58 bits per heavy atom. The van der Waals surface area contributed by atoms with Gasteiger partial charge in [0.1, 0.15) is 11.5 Å². The number of nitrogens with zero attached hydrogens (tertiary/aromatic N) is 2. The lowest BCUT2D eigenvalue weighted by Crippen LogP contribution is -2.50. The van der Waals surface area contributed by atoms with E-state index in [1.165, 1.54) is 17.0 Å². The van der Waals surface area contributed by atoms with Crippen LogP contribution in [0.3, 0.4) is 0 Å². The minimum absolute atomic E-state index is 0.176. The molecule has 0 atom stereocenters. The molecule has 31 heavy (non-hydrogen) atoms. The van der Waals surface area contributed by atoms with E-state index in [9.17, 15) is 13.2 Å². The van der Waals surface area contributed by atoms with Crippen LogP contribution in [0.5, 0.6) is 11.5 Å². The number of methoxy groups -OCH3 is 2. The highest BCUT2D eigenvalue weighted by atomic mass is 32.2. The first kappa shape index (κ1) is 21.6. The summed E-state index contributed by atoms with van der Waals surface area (Å²) in [6, 6.07) is 10.6. The van der Waals surface area contributed by atoms with Crippen molar-refractivity contribution in [2.24, 2.45) is 0 Å². The molecule has 0 aromatic heterocycles. The average molecular weight is 445 g/mol. The highest BCUT2D eigenvalue weighted by Crippen LogP contribution is 2.28. The number of benzene rings is 2. The molecule has 4 rings (SSSR count). The van der Waals surface area contributed by atoms with Gasteiger partial charge in [0.05, 0.1) is 24.7 Å². The highest BCUT2D eigenvalue weighted by Gasteiger charge is 2.31. The largest absolute Gasteiger partial charge is 0.497 e. The van der Waals surface area contributed by atoms with Crippen LogP contribution in [-0.2, 0) is 22.9 Å². The molecule has 1 amide bonds. The maximum absolute atomic E-state index is 13.2. The fraction of sp³-hybridized carbons (Fsp3) is 0.435. The zero-order valence-electron chi connectivity index (χ0n) is 18.0. The molecule has 2 aliphatic rings. The fourth-order valence-corrected chi connectivity index (χ4v) is 5.77. The monoisotopic (exact) mass is 444 g/mol. The summed E-state index contributed by atoms with van der Waals surface area (Å²) < 4.78 is 38.4. The Hall–Kier alpha value is -2.58. The Bertz CT molecular complexity index is 1080. The van der Waals surface area contributed by atoms with Gasteiger partial charge in [-0.15, -0.1) is 0 Å². The minimum Gasteiger partial charge on any atom is -0.497 e. The van der Waals surface area contributed by atoms with E-state index in [-0.39, 0.29) is 19.0 Å². The van der Waals surface area contributed by atoms with Crippen LogP contribution in [0.4, 0.5) is 0 Å². The third-order valence-corrected chi connectivity index (χ3v) is 8.02. The Labute approximate surface area is 183 Å². The van der Waals surface area contributed by atoms with Crippen LogP contribution < -0.4 is 9.47 Å². The van der Waals surface area contributed by atoms with E-state index in [2.05, 4.69) is 0 Å². The van der Waals surface area contributed by atoms with Crippen LogP contribution >= 0.6 is 0 Å². The Kier molecular flexibility index (Phi) is 6.20. The maximum Gasteiger partial charge on any atom is 0.257 e. The van der Waals surface area contributed by atoms with E-state index < -0.39 is 10.0 Å². The number of carbonyl (C=O) groups is 1. The lowest BCUT2D eigenvalue weighted by Gasteiger charge is -2.34. The minimum atomic E-state index is -3.58. The first-order valence-corrected chi connectivity index (χ1v) is 12.0. The lowest BCUT2D eigenvalue weighted by atomic mass is 9.92. The number of hydrogen-bond donors (Lipinski definition) is 0. The number of hydrogen-bond acceptors (Lipinski definition) is 5. The second kappa shape index (κ2) is 8.88. The molecule has 0 N–H and O–H groups in total. The number of ether oxygens (including phenoxy) is 2. The summed E-state index contributed by atoms with van der Waals surface area (Å²) in [5.74, 6) is 0.869. The van der Waals surface area contributed by atoms with Crippen molar-refractivity contribution in [3.63, 3.8) is 0 Å². The van der Waals surface area contributed by atoms with Crippen LogP contribution in [0.2, 0.25) is 0 Å². The molecule has 166 valence electrons. The van der Waals surface area contributed by atoms with Gasteiger partial charge in [0, 0.05) is 32.2 Å². The molecule has 8 heteroatoms. The quantitative estimate of drug-likeness (QED) is 0.709. The predicted molar refractivity (Wildman–Crippen MR) is 117 cm³/mol. The van der Waals surface area contributed by atoms with Crippen LogP contribution in [0, 0.1) is 0 Å². The molecule has 0 bridgehead atoms. The van der Waals surface area contributed by atoms with Gasteiger partial charge in [-0.25, -0.2) is 8.42 Å². The zero-order chi connectivity index (χ0) is 22.0. The van der Waals surface area contributed by atoms with E-state index in [0.29, 0.717) is 35.0 Å². The first-order chi connectivity index (χ1) is 14.9. The van der Waals surface area contributed by atoms with Gasteiger partial charge in [-0.3, -0.25) is 4.79 Å². The summed E-state index contributed by atoms with van der Waals surface area (Å²) in [6.07, 6.45) is 4.22. The standard InChI is InChI=1S/C23H28N2O5S/c1-29-19-8-10-21(22(16-19)30-2)23(26)24-11-13-25(14-12-24)31(27,28)20-9-7-17-5-3-4-6-18(17)15-20/h7-10,15-16H,3-6,11-14H2,1-2H3. The summed E-state index contributed by atoms with van der Waals surface area (Å²) in [7, 11) is -0.514. The van der Waals surface area contributed by atoms with Crippen molar-refractivity contribution in [1.29, 1.82) is 0 Å². The van der Waals surface area contributed by atoms with Crippen LogP contribution in [-0.4, -0.2) is 63.9 Å². The van der Waals surface area contributed by atoms with E-state index in [1.54, 1.807) is 36.3 Å². The van der Waals surface area contributed by atoms with Crippen LogP contribution in [0.25, 0.3) is 0 Å². The molecule has 1 heterocycles. The molecular weight excluding hydrogens is 416 g/mol. The third-order valence-electron chi connectivity index (χ3n) is 6.12. The van der Waals surface area contributed by atoms with Gasteiger partial charge < -0.3 is 14.4 Å². The van der Waals surface area contributed by atoms with Gasteiger partial charge in [-0.2, -0.15) is 4.31 Å².